The van der Waals surface area contributed by atoms with E-state index in [9.17, 15) is 14.7 Å². The maximum absolute atomic E-state index is 11.9. The Bertz CT molecular complexity index is 546. The van der Waals surface area contributed by atoms with E-state index in [0.29, 0.717) is 5.69 Å². The van der Waals surface area contributed by atoms with Crippen LogP contribution >= 0.6 is 0 Å². The van der Waals surface area contributed by atoms with Crippen LogP contribution in [-0.2, 0) is 9.53 Å². The molecule has 1 aliphatic heterocycles. The minimum atomic E-state index is -0.987. The van der Waals surface area contributed by atoms with Gasteiger partial charge in [-0.15, -0.1) is 0 Å². The summed E-state index contributed by atoms with van der Waals surface area (Å²) in [6.45, 7) is -0.323. The van der Waals surface area contributed by atoms with Crippen LogP contribution in [0.1, 0.15) is 6.42 Å². The van der Waals surface area contributed by atoms with E-state index in [1.807, 2.05) is 6.07 Å². The minimum absolute atomic E-state index is 0.185. The molecule has 0 saturated heterocycles. The molecule has 7 heteroatoms. The molecule has 1 heterocycles. The van der Waals surface area contributed by atoms with Crippen molar-refractivity contribution in [2.75, 3.05) is 11.9 Å². The number of nitrogens with one attached hydrogen (secondary N) is 2. The van der Waals surface area contributed by atoms with Gasteiger partial charge in [-0.05, 0) is 12.1 Å². The number of carboxylic acid groups (broad SMARTS) is 1. The summed E-state index contributed by atoms with van der Waals surface area (Å²) >= 11 is 0. The average Bonchev–Trinajstić information content (AvgIpc) is 2.49. The largest absolute Gasteiger partial charge is 0.481 e. The molecular weight excluding hydrogens is 288 g/mol. The van der Waals surface area contributed by atoms with E-state index in [1.54, 1.807) is 36.4 Å². The first kappa shape index (κ1) is 16.0. The highest BCUT2D eigenvalue weighted by molar-refractivity contribution is 5.89. The van der Waals surface area contributed by atoms with Crippen LogP contribution in [0.15, 0.2) is 42.5 Å². The third-order valence-corrected chi connectivity index (χ3v) is 3.17. The van der Waals surface area contributed by atoms with Crippen LogP contribution in [0.4, 0.5) is 10.5 Å². The number of rotatable bonds is 5. The number of aliphatic hydroxyl groups excluding tert-OH is 1. The number of carboxylic acids is 1. The Morgan fingerprint density at radius 1 is 1.18 bits per heavy atom. The monoisotopic (exact) mass is 306 g/mol. The number of para-hydroxylation sites is 1. The molecule has 0 spiro atoms. The van der Waals surface area contributed by atoms with Crippen LogP contribution in [0, 0.1) is 0 Å². The second kappa shape index (κ2) is 7.58. The molecule has 0 saturated carbocycles. The van der Waals surface area contributed by atoms with E-state index in [1.165, 1.54) is 0 Å². The van der Waals surface area contributed by atoms with Crippen molar-refractivity contribution in [3.05, 3.63) is 42.5 Å². The van der Waals surface area contributed by atoms with Crippen molar-refractivity contribution < 1.29 is 24.5 Å². The maximum Gasteiger partial charge on any atom is 0.319 e. The van der Waals surface area contributed by atoms with Gasteiger partial charge in [-0.2, -0.15) is 0 Å². The van der Waals surface area contributed by atoms with E-state index in [2.05, 4.69) is 10.6 Å². The summed E-state index contributed by atoms with van der Waals surface area (Å²) in [6.07, 6.45) is 1.74. The summed E-state index contributed by atoms with van der Waals surface area (Å²) in [5.74, 6) is -0.987. The first-order valence-electron chi connectivity index (χ1n) is 6.87. The molecule has 2 rings (SSSR count). The summed E-state index contributed by atoms with van der Waals surface area (Å²) in [7, 11) is 0. The van der Waals surface area contributed by atoms with Crippen molar-refractivity contribution in [1.82, 2.24) is 5.32 Å². The number of carbonyl (C=O) groups excluding carboxylic acids is 1. The number of urea groups is 1. The lowest BCUT2D eigenvalue weighted by molar-refractivity contribution is -0.141. The lowest BCUT2D eigenvalue weighted by atomic mass is 10.1. The third kappa shape index (κ3) is 4.57. The van der Waals surface area contributed by atoms with Gasteiger partial charge in [0.05, 0.1) is 25.2 Å². The number of hydrogen-bond acceptors (Lipinski definition) is 4. The van der Waals surface area contributed by atoms with Crippen LogP contribution in [0.2, 0.25) is 0 Å². The van der Waals surface area contributed by atoms with Crippen molar-refractivity contribution in [1.29, 1.82) is 0 Å². The Morgan fingerprint density at radius 2 is 1.91 bits per heavy atom. The predicted molar refractivity (Wildman–Crippen MR) is 79.5 cm³/mol. The van der Waals surface area contributed by atoms with E-state index in [0.717, 1.165) is 0 Å². The fourth-order valence-electron chi connectivity index (χ4n) is 2.15. The number of ether oxygens (including phenoxy) is 1. The predicted octanol–water partition coefficient (Wildman–Crippen LogP) is 0.967. The molecule has 22 heavy (non-hydrogen) atoms. The first-order valence-corrected chi connectivity index (χ1v) is 6.87. The SMILES string of the molecule is O=C(O)C[C@@H]1C=C[C@@H](NC(=O)Nc2ccccc2)[C@H](CO)O1. The van der Waals surface area contributed by atoms with Crippen LogP contribution in [0.3, 0.4) is 0 Å². The van der Waals surface area contributed by atoms with Crippen molar-refractivity contribution >= 4 is 17.7 Å². The van der Waals surface area contributed by atoms with Gasteiger partial charge in [-0.1, -0.05) is 30.4 Å². The molecule has 0 radical (unpaired) electrons. The second-order valence-corrected chi connectivity index (χ2v) is 4.87. The normalized spacial score (nSPS) is 23.8. The Labute approximate surface area is 127 Å². The fraction of sp³-hybridized carbons (Fsp3) is 0.333. The number of amides is 2. The van der Waals surface area contributed by atoms with E-state index in [4.69, 9.17) is 9.84 Å². The maximum atomic E-state index is 11.9. The highest BCUT2D eigenvalue weighted by atomic mass is 16.5. The molecule has 118 valence electrons. The van der Waals surface area contributed by atoms with E-state index in [-0.39, 0.29) is 13.0 Å². The van der Waals surface area contributed by atoms with Gasteiger partial charge in [0.25, 0.3) is 0 Å². The fourth-order valence-corrected chi connectivity index (χ4v) is 2.15. The third-order valence-electron chi connectivity index (χ3n) is 3.17. The molecule has 2 amide bonds. The topological polar surface area (TPSA) is 108 Å². The number of carbonyl (C=O) groups is 2. The Kier molecular flexibility index (Phi) is 5.51. The van der Waals surface area contributed by atoms with Crippen molar-refractivity contribution in [2.45, 2.75) is 24.7 Å². The first-order chi connectivity index (χ1) is 10.6. The summed E-state index contributed by atoms with van der Waals surface area (Å²) in [5.41, 5.74) is 0.644. The number of aliphatic carboxylic acids is 1. The summed E-state index contributed by atoms with van der Waals surface area (Å²) in [4.78, 5) is 22.6. The quantitative estimate of drug-likeness (QED) is 0.606. The Hall–Kier alpha value is -2.38. The van der Waals surface area contributed by atoms with Gasteiger partial charge in [0.15, 0.2) is 0 Å². The van der Waals surface area contributed by atoms with Gasteiger partial charge in [0, 0.05) is 5.69 Å². The van der Waals surface area contributed by atoms with Gasteiger partial charge in [0.1, 0.15) is 6.10 Å². The second-order valence-electron chi connectivity index (χ2n) is 4.87. The van der Waals surface area contributed by atoms with Gasteiger partial charge in [0.2, 0.25) is 0 Å². The minimum Gasteiger partial charge on any atom is -0.481 e. The zero-order chi connectivity index (χ0) is 15.9. The number of aliphatic hydroxyl groups is 1. The summed E-state index contributed by atoms with van der Waals surface area (Å²) < 4.78 is 5.45. The van der Waals surface area contributed by atoms with Gasteiger partial charge >= 0.3 is 12.0 Å². The molecule has 3 atom stereocenters. The molecule has 1 aliphatic rings. The Morgan fingerprint density at radius 3 is 2.55 bits per heavy atom. The summed E-state index contributed by atoms with van der Waals surface area (Å²) in [6, 6.07) is 7.97. The average molecular weight is 306 g/mol. The highest BCUT2D eigenvalue weighted by Crippen LogP contribution is 2.16. The molecule has 4 N–H and O–H groups in total. The summed E-state index contributed by atoms with van der Waals surface area (Å²) in [5, 5.41) is 23.4. The van der Waals surface area contributed by atoms with Crippen molar-refractivity contribution in [3.63, 3.8) is 0 Å². The molecule has 7 nitrogen and oxygen atoms in total. The van der Waals surface area contributed by atoms with Crippen LogP contribution in [-0.4, -0.2) is 47.1 Å². The lowest BCUT2D eigenvalue weighted by Crippen LogP contribution is -2.49. The highest BCUT2D eigenvalue weighted by Gasteiger charge is 2.28. The van der Waals surface area contributed by atoms with Crippen LogP contribution in [0.5, 0.6) is 0 Å². The Balaban J connectivity index is 1.93. The number of anilines is 1. The van der Waals surface area contributed by atoms with Crippen LogP contribution < -0.4 is 10.6 Å². The molecule has 0 fully saturated rings. The zero-order valence-electron chi connectivity index (χ0n) is 11.8. The molecule has 1 aromatic rings. The molecule has 0 aliphatic carbocycles. The molecule has 0 unspecified atom stereocenters. The van der Waals surface area contributed by atoms with Gasteiger partial charge < -0.3 is 25.6 Å². The molecule has 0 bridgehead atoms. The smallest absolute Gasteiger partial charge is 0.319 e. The molecular formula is C15H18N2O5. The standard InChI is InChI=1S/C15H18N2O5/c18-9-13-12(7-6-11(22-13)8-14(19)20)17-15(21)16-10-4-2-1-3-5-10/h1-7,11-13,18H,8-9H2,(H,19,20)(H2,16,17,21)/t11-,12+,13-/m0/s1. The number of hydrogen-bond donors (Lipinski definition) is 4. The van der Waals surface area contributed by atoms with Crippen molar-refractivity contribution in [2.24, 2.45) is 0 Å². The van der Waals surface area contributed by atoms with Crippen molar-refractivity contribution in [3.8, 4) is 0 Å². The van der Waals surface area contributed by atoms with Gasteiger partial charge in [-0.3, -0.25) is 4.79 Å². The van der Waals surface area contributed by atoms with Crippen LogP contribution in [0.25, 0.3) is 0 Å². The van der Waals surface area contributed by atoms with E-state index < -0.39 is 30.3 Å². The zero-order valence-corrected chi connectivity index (χ0v) is 11.8. The molecule has 1 aromatic carbocycles. The number of benzene rings is 1. The van der Waals surface area contributed by atoms with E-state index >= 15 is 0 Å². The lowest BCUT2D eigenvalue weighted by Gasteiger charge is -2.31. The molecule has 0 aromatic heterocycles. The van der Waals surface area contributed by atoms with Gasteiger partial charge in [-0.25, -0.2) is 4.79 Å².